The van der Waals surface area contributed by atoms with Crippen molar-refractivity contribution in [2.45, 2.75) is 12.5 Å². The highest BCUT2D eigenvalue weighted by molar-refractivity contribution is 9.10. The van der Waals surface area contributed by atoms with Gasteiger partial charge in [0.2, 0.25) is 11.8 Å². The van der Waals surface area contributed by atoms with Gasteiger partial charge in [0.15, 0.2) is 0 Å². The molecule has 0 radical (unpaired) electrons. The Morgan fingerprint density at radius 3 is 2.63 bits per heavy atom. The molecule has 1 aliphatic rings. The molecule has 0 bridgehead atoms. The van der Waals surface area contributed by atoms with Gasteiger partial charge in [-0.1, -0.05) is 28.1 Å². The third-order valence-electron chi connectivity index (χ3n) is 3.95. The number of rotatable bonds is 6. The Bertz CT molecular complexity index is 854. The number of fused-ring (bicyclic) bond motifs is 1. The molecule has 0 saturated heterocycles. The van der Waals surface area contributed by atoms with Gasteiger partial charge in [-0.25, -0.2) is 0 Å². The second-order valence-corrected chi connectivity index (χ2v) is 6.83. The summed E-state index contributed by atoms with van der Waals surface area (Å²) in [5.74, 6) is -0.462. The zero-order valence-electron chi connectivity index (χ0n) is 14.3. The number of benzene rings is 2. The van der Waals surface area contributed by atoms with Crippen LogP contribution in [0.3, 0.4) is 0 Å². The summed E-state index contributed by atoms with van der Waals surface area (Å²) >= 11 is 3.34. The molecule has 1 heterocycles. The first-order valence-corrected chi connectivity index (χ1v) is 9.18. The first-order valence-electron chi connectivity index (χ1n) is 8.39. The number of hydrogen-bond acceptors (Lipinski definition) is 4. The number of nitrogens with one attached hydrogen (secondary N) is 3. The summed E-state index contributed by atoms with van der Waals surface area (Å²) in [5, 5.41) is 7.94. The average molecular weight is 432 g/mol. The van der Waals surface area contributed by atoms with E-state index in [1.807, 2.05) is 24.3 Å². The van der Waals surface area contributed by atoms with E-state index < -0.39 is 11.9 Å². The van der Waals surface area contributed by atoms with E-state index in [-0.39, 0.29) is 24.8 Å². The smallest absolute Gasteiger partial charge is 0.254 e. The van der Waals surface area contributed by atoms with Crippen molar-refractivity contribution in [1.29, 1.82) is 0 Å². The van der Waals surface area contributed by atoms with Crippen LogP contribution in [0.15, 0.2) is 53.0 Å². The van der Waals surface area contributed by atoms with Crippen molar-refractivity contribution < 1.29 is 19.1 Å². The molecule has 1 aliphatic heterocycles. The topological polar surface area (TPSA) is 96.5 Å². The van der Waals surface area contributed by atoms with Crippen molar-refractivity contribution in [1.82, 2.24) is 10.6 Å². The molecule has 3 amide bonds. The lowest BCUT2D eigenvalue weighted by Crippen LogP contribution is -2.45. The number of hydrogen-bond donors (Lipinski definition) is 3. The fourth-order valence-corrected chi connectivity index (χ4v) is 2.87. The molecular weight excluding hydrogens is 414 g/mol. The third-order valence-corrected chi connectivity index (χ3v) is 4.48. The van der Waals surface area contributed by atoms with Gasteiger partial charge in [0.25, 0.3) is 5.91 Å². The Balaban J connectivity index is 1.47. The van der Waals surface area contributed by atoms with Crippen LogP contribution in [0.25, 0.3) is 0 Å². The average Bonchev–Trinajstić information content (AvgIpc) is 2.77. The molecular formula is C19H18BrN3O4. The summed E-state index contributed by atoms with van der Waals surface area (Å²) in [6.45, 7) is 0.583. The van der Waals surface area contributed by atoms with Crippen LogP contribution in [0.2, 0.25) is 0 Å². The highest BCUT2D eigenvalue weighted by Crippen LogP contribution is 2.19. The van der Waals surface area contributed by atoms with Crippen LogP contribution in [-0.2, 0) is 9.59 Å². The van der Waals surface area contributed by atoms with E-state index in [0.717, 1.165) is 4.47 Å². The SMILES string of the molecule is O=C(CC1NC(=O)c2ccccc2NC1=O)NCCOc1ccc(Br)cc1. The zero-order chi connectivity index (χ0) is 19.2. The molecule has 140 valence electrons. The molecule has 1 unspecified atom stereocenters. The van der Waals surface area contributed by atoms with Crippen LogP contribution in [0.4, 0.5) is 5.69 Å². The minimum Gasteiger partial charge on any atom is -0.492 e. The van der Waals surface area contributed by atoms with E-state index >= 15 is 0 Å². The van der Waals surface area contributed by atoms with Crippen LogP contribution < -0.4 is 20.7 Å². The molecule has 3 rings (SSSR count). The van der Waals surface area contributed by atoms with E-state index in [1.54, 1.807) is 24.3 Å². The van der Waals surface area contributed by atoms with E-state index in [9.17, 15) is 14.4 Å². The molecule has 2 aromatic rings. The van der Waals surface area contributed by atoms with E-state index in [2.05, 4.69) is 31.9 Å². The van der Waals surface area contributed by atoms with E-state index in [0.29, 0.717) is 23.6 Å². The molecule has 0 fully saturated rings. The maximum atomic E-state index is 12.3. The minimum atomic E-state index is -0.933. The number of carbonyl (C=O) groups excluding carboxylic acids is 3. The Hall–Kier alpha value is -2.87. The van der Waals surface area contributed by atoms with Crippen LogP contribution >= 0.6 is 15.9 Å². The van der Waals surface area contributed by atoms with E-state index in [4.69, 9.17) is 4.74 Å². The van der Waals surface area contributed by atoms with Crippen LogP contribution in [-0.4, -0.2) is 36.9 Å². The third kappa shape index (κ3) is 5.07. The van der Waals surface area contributed by atoms with Gasteiger partial charge in [-0.2, -0.15) is 0 Å². The quantitative estimate of drug-likeness (QED) is 0.610. The number of amides is 3. The highest BCUT2D eigenvalue weighted by Gasteiger charge is 2.29. The van der Waals surface area contributed by atoms with Crippen molar-refractivity contribution in [3.63, 3.8) is 0 Å². The standard InChI is InChI=1S/C19H18BrN3O4/c20-12-5-7-13(8-6-12)27-10-9-21-17(24)11-16-19(26)22-15-4-2-1-3-14(15)18(25)23-16/h1-8,16H,9-11H2,(H,21,24)(H,22,26)(H,23,25). The predicted octanol–water partition coefficient (Wildman–Crippen LogP) is 2.08. The minimum absolute atomic E-state index is 0.149. The molecule has 27 heavy (non-hydrogen) atoms. The van der Waals surface area contributed by atoms with Crippen LogP contribution in [0, 0.1) is 0 Å². The van der Waals surface area contributed by atoms with Gasteiger partial charge < -0.3 is 20.7 Å². The summed E-state index contributed by atoms with van der Waals surface area (Å²) in [5.41, 5.74) is 0.808. The fraction of sp³-hybridized carbons (Fsp3) is 0.211. The van der Waals surface area contributed by atoms with Gasteiger partial charge in [0.05, 0.1) is 24.2 Å². The van der Waals surface area contributed by atoms with Crippen molar-refractivity contribution in [3.8, 4) is 5.75 Å². The molecule has 0 spiro atoms. The second-order valence-electron chi connectivity index (χ2n) is 5.92. The summed E-state index contributed by atoms with van der Waals surface area (Å²) < 4.78 is 6.47. The zero-order valence-corrected chi connectivity index (χ0v) is 15.9. The largest absolute Gasteiger partial charge is 0.492 e. The predicted molar refractivity (Wildman–Crippen MR) is 104 cm³/mol. The van der Waals surface area contributed by atoms with Gasteiger partial charge in [-0.3, -0.25) is 14.4 Å². The lowest BCUT2D eigenvalue weighted by molar-refractivity contribution is -0.125. The summed E-state index contributed by atoms with van der Waals surface area (Å²) in [6.07, 6.45) is -0.149. The van der Waals surface area contributed by atoms with Crippen molar-refractivity contribution in [2.75, 3.05) is 18.5 Å². The molecule has 0 aromatic heterocycles. The molecule has 0 saturated carbocycles. The number of carbonyl (C=O) groups is 3. The van der Waals surface area contributed by atoms with Crippen LogP contribution in [0.1, 0.15) is 16.8 Å². The van der Waals surface area contributed by atoms with Crippen molar-refractivity contribution in [3.05, 3.63) is 58.6 Å². The number of halogens is 1. The molecule has 7 nitrogen and oxygen atoms in total. The number of ether oxygens (including phenoxy) is 1. The summed E-state index contributed by atoms with van der Waals surface area (Å²) in [7, 11) is 0. The van der Waals surface area contributed by atoms with Gasteiger partial charge in [0.1, 0.15) is 18.4 Å². The normalized spacial score (nSPS) is 15.8. The molecule has 1 atom stereocenters. The molecule has 3 N–H and O–H groups in total. The second kappa shape index (κ2) is 8.68. The lowest BCUT2D eigenvalue weighted by atomic mass is 10.1. The molecule has 0 aliphatic carbocycles. The molecule has 2 aromatic carbocycles. The van der Waals surface area contributed by atoms with Crippen molar-refractivity contribution >= 4 is 39.3 Å². The van der Waals surface area contributed by atoms with Gasteiger partial charge >= 0.3 is 0 Å². The summed E-state index contributed by atoms with van der Waals surface area (Å²) in [4.78, 5) is 36.6. The first-order chi connectivity index (χ1) is 13.0. The highest BCUT2D eigenvalue weighted by atomic mass is 79.9. The Labute approximate surface area is 164 Å². The maximum Gasteiger partial charge on any atom is 0.254 e. The van der Waals surface area contributed by atoms with Crippen LogP contribution in [0.5, 0.6) is 5.75 Å². The van der Waals surface area contributed by atoms with Gasteiger partial charge in [-0.15, -0.1) is 0 Å². The maximum absolute atomic E-state index is 12.3. The fourth-order valence-electron chi connectivity index (χ4n) is 2.60. The molecule has 8 heteroatoms. The van der Waals surface area contributed by atoms with Gasteiger partial charge in [-0.05, 0) is 36.4 Å². The monoisotopic (exact) mass is 431 g/mol. The Morgan fingerprint density at radius 2 is 1.85 bits per heavy atom. The van der Waals surface area contributed by atoms with Gasteiger partial charge in [0, 0.05) is 4.47 Å². The number of para-hydroxylation sites is 1. The Kier molecular flexibility index (Phi) is 6.08. The first kappa shape index (κ1) is 18.9. The Morgan fingerprint density at radius 1 is 1.11 bits per heavy atom. The van der Waals surface area contributed by atoms with Crippen molar-refractivity contribution in [2.24, 2.45) is 0 Å². The number of anilines is 1. The summed E-state index contributed by atoms with van der Waals surface area (Å²) in [6, 6.07) is 13.1. The van der Waals surface area contributed by atoms with E-state index in [1.165, 1.54) is 0 Å². The lowest BCUT2D eigenvalue weighted by Gasteiger charge is -2.14.